The average Bonchev–Trinajstić information content (AvgIpc) is 2.44. The maximum atomic E-state index is 6.00. The minimum Gasteiger partial charge on any atom is -0.492 e. The summed E-state index contributed by atoms with van der Waals surface area (Å²) in [6, 6.07) is 12.4. The molecule has 0 radical (unpaired) electrons. The van der Waals surface area contributed by atoms with Gasteiger partial charge in [0.1, 0.15) is 5.75 Å². The van der Waals surface area contributed by atoms with Crippen molar-refractivity contribution in [3.05, 3.63) is 42.0 Å². The Morgan fingerprint density at radius 3 is 2.75 bits per heavy atom. The largest absolute Gasteiger partial charge is 0.492 e. The summed E-state index contributed by atoms with van der Waals surface area (Å²) in [4.78, 5) is 0. The van der Waals surface area contributed by atoms with Crippen LogP contribution in [0.15, 0.2) is 36.4 Å². The van der Waals surface area contributed by atoms with Gasteiger partial charge in [-0.2, -0.15) is 0 Å². The second kappa shape index (κ2) is 5.98. The van der Waals surface area contributed by atoms with Crippen molar-refractivity contribution in [1.29, 1.82) is 0 Å². The van der Waals surface area contributed by atoms with Gasteiger partial charge < -0.3 is 10.5 Å². The van der Waals surface area contributed by atoms with Gasteiger partial charge in [0, 0.05) is 5.39 Å². The zero-order chi connectivity index (χ0) is 13.8. The topological polar surface area (TPSA) is 35.2 Å². The summed E-state index contributed by atoms with van der Waals surface area (Å²) in [5.41, 5.74) is 6.47. The summed E-state index contributed by atoms with van der Waals surface area (Å²) in [5.74, 6) is 7.73. The Kier molecular flexibility index (Phi) is 3.90. The van der Waals surface area contributed by atoms with Gasteiger partial charge in [0.2, 0.25) is 0 Å². The first-order valence-corrected chi connectivity index (χ1v) is 7.22. The number of benzene rings is 2. The van der Waals surface area contributed by atoms with E-state index in [1.54, 1.807) is 0 Å². The Hall–Kier alpha value is -1.98. The number of hydrogen-bond acceptors (Lipinski definition) is 2. The van der Waals surface area contributed by atoms with Crippen molar-refractivity contribution in [3.63, 3.8) is 0 Å². The molecule has 0 spiro atoms. The van der Waals surface area contributed by atoms with Gasteiger partial charge in [-0.3, -0.25) is 0 Å². The minimum absolute atomic E-state index is 0.366. The molecule has 0 aliphatic heterocycles. The van der Waals surface area contributed by atoms with Crippen LogP contribution in [0.5, 0.6) is 5.75 Å². The molecule has 2 heteroatoms. The Balaban J connectivity index is 1.96. The van der Waals surface area contributed by atoms with Gasteiger partial charge in [0.05, 0.1) is 18.7 Å². The first-order valence-electron chi connectivity index (χ1n) is 7.22. The van der Waals surface area contributed by atoms with Crippen LogP contribution in [0, 0.1) is 17.8 Å². The molecule has 0 aromatic heterocycles. The predicted molar refractivity (Wildman–Crippen MR) is 82.7 cm³/mol. The Morgan fingerprint density at radius 2 is 2.00 bits per heavy atom. The molecule has 2 N–H and O–H groups in total. The van der Waals surface area contributed by atoms with Gasteiger partial charge in [-0.05, 0) is 30.2 Å². The summed E-state index contributed by atoms with van der Waals surface area (Å²) in [6.07, 6.45) is 3.92. The van der Waals surface area contributed by atoms with Crippen molar-refractivity contribution in [2.45, 2.75) is 19.3 Å². The monoisotopic (exact) mass is 265 g/mol. The quantitative estimate of drug-likeness (QED) is 0.864. The predicted octanol–water partition coefficient (Wildman–Crippen LogP) is 3.33. The zero-order valence-electron chi connectivity index (χ0n) is 11.6. The van der Waals surface area contributed by atoms with Crippen molar-refractivity contribution in [1.82, 2.24) is 0 Å². The smallest absolute Gasteiger partial charge is 0.135 e. The molecule has 2 aromatic rings. The molecule has 0 heterocycles. The lowest BCUT2D eigenvalue weighted by atomic mass is 9.86. The molecular weight excluding hydrogens is 246 g/mol. The van der Waals surface area contributed by atoms with Gasteiger partial charge in [-0.25, -0.2) is 0 Å². The lowest BCUT2D eigenvalue weighted by molar-refractivity contribution is 0.180. The van der Waals surface area contributed by atoms with E-state index >= 15 is 0 Å². The van der Waals surface area contributed by atoms with E-state index in [-0.39, 0.29) is 0 Å². The summed E-state index contributed by atoms with van der Waals surface area (Å²) >= 11 is 0. The number of nitrogens with two attached hydrogens (primary N) is 1. The highest BCUT2D eigenvalue weighted by Gasteiger charge is 2.18. The van der Waals surface area contributed by atoms with Crippen LogP contribution in [0.4, 0.5) is 0 Å². The van der Waals surface area contributed by atoms with Crippen LogP contribution in [0.1, 0.15) is 24.8 Å². The molecule has 0 saturated heterocycles. The van der Waals surface area contributed by atoms with Crippen LogP contribution in [0.25, 0.3) is 10.8 Å². The van der Waals surface area contributed by atoms with Gasteiger partial charge in [-0.1, -0.05) is 48.6 Å². The van der Waals surface area contributed by atoms with E-state index in [2.05, 4.69) is 30.0 Å². The number of ether oxygens (including phenoxy) is 1. The molecule has 1 aliphatic rings. The van der Waals surface area contributed by atoms with Gasteiger partial charge in [0.15, 0.2) is 0 Å². The van der Waals surface area contributed by atoms with Crippen molar-refractivity contribution in [2.75, 3.05) is 13.2 Å². The Labute approximate surface area is 119 Å². The molecule has 1 fully saturated rings. The van der Waals surface area contributed by atoms with Crippen molar-refractivity contribution in [3.8, 4) is 17.6 Å². The minimum atomic E-state index is 0.366. The zero-order valence-corrected chi connectivity index (χ0v) is 11.6. The lowest BCUT2D eigenvalue weighted by Crippen LogP contribution is -2.19. The second-order valence-corrected chi connectivity index (χ2v) is 5.27. The van der Waals surface area contributed by atoms with Crippen LogP contribution < -0.4 is 10.5 Å². The lowest BCUT2D eigenvalue weighted by Gasteiger charge is -2.25. The average molecular weight is 265 g/mol. The number of fused-ring (bicyclic) bond motifs is 1. The molecule has 0 unspecified atom stereocenters. The first kappa shape index (κ1) is 13.0. The van der Waals surface area contributed by atoms with Crippen LogP contribution >= 0.6 is 0 Å². The summed E-state index contributed by atoms with van der Waals surface area (Å²) < 4.78 is 6.00. The third kappa shape index (κ3) is 2.64. The molecule has 0 bridgehead atoms. The van der Waals surface area contributed by atoms with E-state index in [1.807, 2.05) is 18.2 Å². The van der Waals surface area contributed by atoms with E-state index in [0.29, 0.717) is 6.54 Å². The first-order chi connectivity index (χ1) is 9.88. The molecule has 20 heavy (non-hydrogen) atoms. The van der Waals surface area contributed by atoms with Gasteiger partial charge in [0.25, 0.3) is 0 Å². The normalized spacial score (nSPS) is 14.4. The highest BCUT2D eigenvalue weighted by molar-refractivity contribution is 5.90. The van der Waals surface area contributed by atoms with Gasteiger partial charge in [-0.15, -0.1) is 0 Å². The molecule has 102 valence electrons. The highest BCUT2D eigenvalue weighted by atomic mass is 16.5. The summed E-state index contributed by atoms with van der Waals surface area (Å²) in [5, 5.41) is 2.32. The summed E-state index contributed by atoms with van der Waals surface area (Å²) in [6.45, 7) is 1.17. The third-order valence-electron chi connectivity index (χ3n) is 3.91. The fourth-order valence-electron chi connectivity index (χ4n) is 2.51. The van der Waals surface area contributed by atoms with Crippen molar-refractivity contribution < 1.29 is 4.74 Å². The van der Waals surface area contributed by atoms with Crippen molar-refractivity contribution >= 4 is 10.8 Å². The molecule has 1 saturated carbocycles. The second-order valence-electron chi connectivity index (χ2n) is 5.27. The fraction of sp³-hybridized carbons (Fsp3) is 0.333. The van der Waals surface area contributed by atoms with Crippen molar-refractivity contribution in [2.24, 2.45) is 11.7 Å². The van der Waals surface area contributed by atoms with Crippen LogP contribution in [-0.4, -0.2) is 13.2 Å². The van der Waals surface area contributed by atoms with E-state index in [0.717, 1.165) is 29.2 Å². The molecule has 2 aromatic carbocycles. The number of hydrogen-bond donors (Lipinski definition) is 1. The molecular formula is C18H19NO. The Morgan fingerprint density at radius 1 is 1.15 bits per heavy atom. The molecule has 3 rings (SSSR count). The maximum Gasteiger partial charge on any atom is 0.135 e. The van der Waals surface area contributed by atoms with E-state index in [4.69, 9.17) is 10.5 Å². The Bertz CT molecular complexity index is 662. The van der Waals surface area contributed by atoms with Gasteiger partial charge >= 0.3 is 0 Å². The van der Waals surface area contributed by atoms with Crippen LogP contribution in [0.3, 0.4) is 0 Å². The highest BCUT2D eigenvalue weighted by Crippen LogP contribution is 2.30. The fourth-order valence-corrected chi connectivity index (χ4v) is 2.51. The molecule has 0 amide bonds. The maximum absolute atomic E-state index is 6.00. The van der Waals surface area contributed by atoms with E-state index < -0.39 is 0 Å². The standard InChI is InChI=1S/C18H19NO/c19-12-4-9-17-16-8-2-1-7-15(16)10-11-18(17)20-13-14-5-3-6-14/h1-2,7-8,10-11,14H,3,5-6,12-13,19H2. The molecule has 1 aliphatic carbocycles. The van der Waals surface area contributed by atoms with E-state index in [9.17, 15) is 0 Å². The van der Waals surface area contributed by atoms with Crippen LogP contribution in [-0.2, 0) is 0 Å². The number of rotatable bonds is 3. The summed E-state index contributed by atoms with van der Waals surface area (Å²) in [7, 11) is 0. The molecule has 2 nitrogen and oxygen atoms in total. The van der Waals surface area contributed by atoms with Crippen LogP contribution in [0.2, 0.25) is 0 Å². The molecule has 0 atom stereocenters. The third-order valence-corrected chi connectivity index (χ3v) is 3.91. The SMILES string of the molecule is NCC#Cc1c(OCC2CCC2)ccc2ccccc12. The van der Waals surface area contributed by atoms with E-state index in [1.165, 1.54) is 24.6 Å².